The van der Waals surface area contributed by atoms with Crippen LogP contribution in [0.4, 0.5) is 0 Å². The Kier molecular flexibility index (Phi) is 7.20. The molecule has 7 nitrogen and oxygen atoms in total. The number of aryl methyl sites for hydroxylation is 1. The molecule has 0 saturated heterocycles. The lowest BCUT2D eigenvalue weighted by molar-refractivity contribution is 0.0589. The molecule has 1 N–H and O–H groups in total. The molecule has 2 aromatic carbocycles. The van der Waals surface area contributed by atoms with Crippen LogP contribution < -0.4 is 5.43 Å². The third-order valence-corrected chi connectivity index (χ3v) is 7.33. The maximum atomic E-state index is 13.7. The maximum absolute atomic E-state index is 13.7. The fraction of sp³-hybridized carbons (Fsp3) is 0.290. The van der Waals surface area contributed by atoms with Crippen LogP contribution in [0.2, 0.25) is 0 Å². The van der Waals surface area contributed by atoms with Crippen molar-refractivity contribution in [2.75, 3.05) is 7.11 Å². The Morgan fingerprint density at radius 3 is 2.32 bits per heavy atom. The highest BCUT2D eigenvalue weighted by atomic mass is 16.5. The summed E-state index contributed by atoms with van der Waals surface area (Å²) in [5, 5.41) is 10.2. The van der Waals surface area contributed by atoms with Crippen LogP contribution in [0.5, 0.6) is 0 Å². The number of aliphatic hydroxyl groups is 1. The van der Waals surface area contributed by atoms with E-state index in [1.54, 1.807) is 28.8 Å². The van der Waals surface area contributed by atoms with Crippen molar-refractivity contribution >= 4 is 22.8 Å². The van der Waals surface area contributed by atoms with Crippen molar-refractivity contribution in [2.45, 2.75) is 45.1 Å². The Hall–Kier alpha value is -4.10. The predicted molar refractivity (Wildman–Crippen MR) is 145 cm³/mol. The van der Waals surface area contributed by atoms with Gasteiger partial charge in [0.25, 0.3) is 0 Å². The summed E-state index contributed by atoms with van der Waals surface area (Å²) in [6.07, 6.45) is 2.54. The quantitative estimate of drug-likeness (QED) is 0.295. The number of hydrogen-bond acceptors (Lipinski definition) is 6. The van der Waals surface area contributed by atoms with Gasteiger partial charge >= 0.3 is 5.97 Å². The van der Waals surface area contributed by atoms with Gasteiger partial charge in [-0.05, 0) is 62.4 Å². The largest absolute Gasteiger partial charge is 0.464 e. The fourth-order valence-corrected chi connectivity index (χ4v) is 5.27. The zero-order chi connectivity index (χ0) is 26.8. The van der Waals surface area contributed by atoms with Crippen LogP contribution in [0.1, 0.15) is 63.4 Å². The van der Waals surface area contributed by atoms with Crippen molar-refractivity contribution in [3.8, 4) is 5.69 Å². The first-order valence-corrected chi connectivity index (χ1v) is 12.9. The molecule has 194 valence electrons. The summed E-state index contributed by atoms with van der Waals surface area (Å²) in [6.45, 7) is 1.84. The molecule has 0 radical (unpaired) electrons. The number of Topliss-reactive ketones (excluding diaryl/α,β-unsaturated/α-hetero) is 1. The number of pyridine rings is 2. The molecular formula is C31H30N2O5. The second-order valence-electron chi connectivity index (χ2n) is 9.89. The molecule has 1 aliphatic carbocycles. The standard InChI is InChI=1S/C31H30N2O5/c1-19-8-17-25-29(36)26(27(31(37)38-2)33(30(25)32-19)23-6-4-3-5-7-23)18-20-9-11-21(12-10-20)28(35)22-13-15-24(34)16-14-22/h3-12,17,22,24,34H,13-16,18H2,1-2H3. The summed E-state index contributed by atoms with van der Waals surface area (Å²) >= 11 is 0. The molecule has 0 atom stereocenters. The van der Waals surface area contributed by atoms with E-state index < -0.39 is 5.97 Å². The molecule has 0 spiro atoms. The van der Waals surface area contributed by atoms with Crippen LogP contribution in [-0.2, 0) is 11.2 Å². The number of aromatic nitrogens is 2. The lowest BCUT2D eigenvalue weighted by atomic mass is 9.82. The molecule has 1 saturated carbocycles. The number of hydrogen-bond donors (Lipinski definition) is 1. The summed E-state index contributed by atoms with van der Waals surface area (Å²) in [5.74, 6) is -0.626. The summed E-state index contributed by atoms with van der Waals surface area (Å²) in [7, 11) is 1.30. The fourth-order valence-electron chi connectivity index (χ4n) is 5.27. The van der Waals surface area contributed by atoms with Gasteiger partial charge < -0.3 is 9.84 Å². The van der Waals surface area contributed by atoms with Gasteiger partial charge in [0.05, 0.1) is 18.6 Å². The van der Waals surface area contributed by atoms with Gasteiger partial charge in [0.2, 0.25) is 0 Å². The highest BCUT2D eigenvalue weighted by Crippen LogP contribution is 2.28. The van der Waals surface area contributed by atoms with E-state index in [-0.39, 0.29) is 35.3 Å². The number of aliphatic hydroxyl groups excluding tert-OH is 1. The zero-order valence-corrected chi connectivity index (χ0v) is 21.5. The van der Waals surface area contributed by atoms with E-state index in [0.29, 0.717) is 53.5 Å². The third kappa shape index (κ3) is 4.89. The van der Waals surface area contributed by atoms with Gasteiger partial charge in [-0.25, -0.2) is 9.78 Å². The number of ether oxygens (including phenoxy) is 1. The molecule has 0 bridgehead atoms. The number of ketones is 1. The third-order valence-electron chi connectivity index (χ3n) is 7.33. The minimum absolute atomic E-state index is 0.0790. The Bertz CT molecular complexity index is 1550. The number of methoxy groups -OCH3 is 1. The minimum Gasteiger partial charge on any atom is -0.464 e. The van der Waals surface area contributed by atoms with E-state index in [0.717, 1.165) is 11.3 Å². The van der Waals surface area contributed by atoms with Crippen molar-refractivity contribution in [3.05, 3.63) is 105 Å². The summed E-state index contributed by atoms with van der Waals surface area (Å²) in [6, 6.07) is 20.1. The Morgan fingerprint density at radius 2 is 1.66 bits per heavy atom. The number of fused-ring (bicyclic) bond motifs is 1. The summed E-state index contributed by atoms with van der Waals surface area (Å²) in [4.78, 5) is 44.5. The molecule has 5 rings (SSSR count). The average molecular weight is 511 g/mol. The van der Waals surface area contributed by atoms with Gasteiger partial charge in [0, 0.05) is 34.8 Å². The SMILES string of the molecule is COC(=O)c1c(Cc2ccc(C(=O)C3CCC(O)CC3)cc2)c(=O)c2ccc(C)nc2n1-c1ccccc1. The molecular weight excluding hydrogens is 480 g/mol. The molecule has 0 aliphatic heterocycles. The first-order chi connectivity index (χ1) is 18.4. The Balaban J connectivity index is 1.59. The van der Waals surface area contributed by atoms with Crippen molar-refractivity contribution in [2.24, 2.45) is 5.92 Å². The van der Waals surface area contributed by atoms with Gasteiger partial charge in [-0.3, -0.25) is 14.2 Å². The monoisotopic (exact) mass is 510 g/mol. The average Bonchev–Trinajstić information content (AvgIpc) is 2.94. The van der Waals surface area contributed by atoms with Crippen LogP contribution >= 0.6 is 0 Å². The van der Waals surface area contributed by atoms with Gasteiger partial charge in [-0.15, -0.1) is 0 Å². The normalized spacial score (nSPS) is 17.3. The van der Waals surface area contributed by atoms with E-state index in [1.165, 1.54) is 7.11 Å². The van der Waals surface area contributed by atoms with Crippen LogP contribution in [0.25, 0.3) is 16.7 Å². The number of para-hydroxylation sites is 1. The lowest BCUT2D eigenvalue weighted by Gasteiger charge is -2.24. The number of carbonyl (C=O) groups excluding carboxylic acids is 2. The van der Waals surface area contributed by atoms with Gasteiger partial charge in [0.1, 0.15) is 11.3 Å². The molecule has 2 aromatic heterocycles. The lowest BCUT2D eigenvalue weighted by Crippen LogP contribution is -2.25. The highest BCUT2D eigenvalue weighted by Gasteiger charge is 2.27. The van der Waals surface area contributed by atoms with Crippen LogP contribution in [0, 0.1) is 12.8 Å². The van der Waals surface area contributed by atoms with Crippen LogP contribution in [0.3, 0.4) is 0 Å². The molecule has 1 fully saturated rings. The minimum atomic E-state index is -0.627. The van der Waals surface area contributed by atoms with Crippen molar-refractivity contribution in [1.82, 2.24) is 9.55 Å². The maximum Gasteiger partial charge on any atom is 0.355 e. The number of nitrogens with zero attached hydrogens (tertiary/aromatic N) is 2. The number of esters is 1. The second-order valence-corrected chi connectivity index (χ2v) is 9.89. The first-order valence-electron chi connectivity index (χ1n) is 12.9. The van der Waals surface area contributed by atoms with Crippen LogP contribution in [-0.4, -0.2) is 39.6 Å². The first kappa shape index (κ1) is 25.5. The summed E-state index contributed by atoms with van der Waals surface area (Å²) < 4.78 is 6.84. The number of benzene rings is 2. The van der Waals surface area contributed by atoms with Crippen LogP contribution in [0.15, 0.2) is 71.5 Å². The molecule has 4 aromatic rings. The Morgan fingerprint density at radius 1 is 0.974 bits per heavy atom. The smallest absolute Gasteiger partial charge is 0.355 e. The number of rotatable bonds is 6. The predicted octanol–water partition coefficient (Wildman–Crippen LogP) is 4.81. The van der Waals surface area contributed by atoms with Gasteiger partial charge in [-0.1, -0.05) is 42.5 Å². The van der Waals surface area contributed by atoms with E-state index in [2.05, 4.69) is 4.98 Å². The number of carbonyl (C=O) groups is 2. The highest BCUT2D eigenvalue weighted by molar-refractivity contribution is 5.98. The van der Waals surface area contributed by atoms with Crippen molar-refractivity contribution in [1.29, 1.82) is 0 Å². The van der Waals surface area contributed by atoms with Gasteiger partial charge in [0.15, 0.2) is 11.2 Å². The van der Waals surface area contributed by atoms with Crippen molar-refractivity contribution < 1.29 is 19.4 Å². The van der Waals surface area contributed by atoms with E-state index >= 15 is 0 Å². The molecule has 1 aliphatic rings. The molecule has 7 heteroatoms. The van der Waals surface area contributed by atoms with Gasteiger partial charge in [-0.2, -0.15) is 0 Å². The molecule has 0 unspecified atom stereocenters. The van der Waals surface area contributed by atoms with E-state index in [4.69, 9.17) is 4.74 Å². The van der Waals surface area contributed by atoms with E-state index in [1.807, 2.05) is 49.4 Å². The van der Waals surface area contributed by atoms with Crippen molar-refractivity contribution in [3.63, 3.8) is 0 Å². The second kappa shape index (κ2) is 10.7. The molecule has 0 amide bonds. The topological polar surface area (TPSA) is 98.5 Å². The zero-order valence-electron chi connectivity index (χ0n) is 21.5. The molecule has 38 heavy (non-hydrogen) atoms. The summed E-state index contributed by atoms with van der Waals surface area (Å²) in [5.41, 5.74) is 3.37. The molecule has 2 heterocycles. The Labute approximate surface area is 220 Å². The van der Waals surface area contributed by atoms with E-state index in [9.17, 15) is 19.5 Å².